The highest BCUT2D eigenvalue weighted by Crippen LogP contribution is 2.19. The van der Waals surface area contributed by atoms with E-state index in [0.29, 0.717) is 11.8 Å². The van der Waals surface area contributed by atoms with Gasteiger partial charge in [-0.25, -0.2) is 9.97 Å². The lowest BCUT2D eigenvalue weighted by Gasteiger charge is -2.08. The molecule has 0 saturated heterocycles. The van der Waals surface area contributed by atoms with Crippen molar-refractivity contribution in [3.63, 3.8) is 0 Å². The van der Waals surface area contributed by atoms with E-state index in [1.807, 2.05) is 24.3 Å². The third kappa shape index (κ3) is 2.82. The molecule has 0 unspecified atom stereocenters. The zero-order valence-electron chi connectivity index (χ0n) is 8.32. The van der Waals surface area contributed by atoms with Crippen LogP contribution in [0.1, 0.15) is 5.56 Å². The topological polar surface area (TPSA) is 37.8 Å². The van der Waals surface area contributed by atoms with Crippen molar-refractivity contribution < 1.29 is 0 Å². The maximum absolute atomic E-state index is 5.84. The van der Waals surface area contributed by atoms with Gasteiger partial charge in [-0.05, 0) is 34.2 Å². The molecule has 0 amide bonds. The van der Waals surface area contributed by atoms with Crippen molar-refractivity contribution in [3.8, 4) is 0 Å². The predicted molar refractivity (Wildman–Crippen MR) is 74.0 cm³/mol. The molecule has 2 aromatic rings. The van der Waals surface area contributed by atoms with Gasteiger partial charge in [-0.15, -0.1) is 11.6 Å². The van der Waals surface area contributed by atoms with E-state index in [-0.39, 0.29) is 0 Å². The van der Waals surface area contributed by atoms with E-state index in [1.54, 1.807) is 12.4 Å². The molecule has 0 bridgehead atoms. The fourth-order valence-electron chi connectivity index (χ4n) is 1.26. The molecule has 1 N–H and O–H groups in total. The second kappa shape index (κ2) is 5.45. The Labute approximate surface area is 112 Å². The number of hydrogen-bond acceptors (Lipinski definition) is 3. The van der Waals surface area contributed by atoms with Gasteiger partial charge in [-0.3, -0.25) is 0 Å². The summed E-state index contributed by atoms with van der Waals surface area (Å²) >= 11 is 8.01. The van der Waals surface area contributed by atoms with Gasteiger partial charge in [-0.2, -0.15) is 0 Å². The Hall–Kier alpha value is -0.880. The summed E-state index contributed by atoms with van der Waals surface area (Å²) in [7, 11) is 0. The van der Waals surface area contributed by atoms with Crippen LogP contribution in [0.15, 0.2) is 36.7 Å². The van der Waals surface area contributed by atoms with Crippen molar-refractivity contribution >= 4 is 45.8 Å². The van der Waals surface area contributed by atoms with Crippen molar-refractivity contribution in [1.29, 1.82) is 0 Å². The average Bonchev–Trinajstić information content (AvgIpc) is 2.33. The summed E-state index contributed by atoms with van der Waals surface area (Å²) in [6.45, 7) is 0. The van der Waals surface area contributed by atoms with E-state index >= 15 is 0 Å². The maximum atomic E-state index is 5.84. The van der Waals surface area contributed by atoms with Crippen molar-refractivity contribution in [2.75, 3.05) is 5.32 Å². The fourth-order valence-corrected chi connectivity index (χ4v) is 1.77. The van der Waals surface area contributed by atoms with Gasteiger partial charge in [0.2, 0.25) is 5.95 Å². The number of halogens is 2. The summed E-state index contributed by atoms with van der Waals surface area (Å²) in [5.41, 5.74) is 1.98. The first-order chi connectivity index (χ1) is 7.79. The molecular weight excluding hydrogens is 336 g/mol. The number of benzene rings is 1. The zero-order chi connectivity index (χ0) is 11.4. The SMILES string of the molecule is ClCc1ccccc1Nc1ncc(I)cn1. The number of para-hydroxylation sites is 1. The number of aromatic nitrogens is 2. The molecule has 82 valence electrons. The molecule has 1 heterocycles. The van der Waals surface area contributed by atoms with Crippen LogP contribution in [-0.2, 0) is 5.88 Å². The van der Waals surface area contributed by atoms with E-state index in [1.165, 1.54) is 0 Å². The lowest BCUT2D eigenvalue weighted by atomic mass is 10.2. The third-order valence-electron chi connectivity index (χ3n) is 2.03. The maximum Gasteiger partial charge on any atom is 0.227 e. The molecule has 0 atom stereocenters. The van der Waals surface area contributed by atoms with Crippen LogP contribution in [0.4, 0.5) is 11.6 Å². The normalized spacial score (nSPS) is 10.1. The molecule has 2 rings (SSSR count). The molecule has 1 aromatic carbocycles. The van der Waals surface area contributed by atoms with Crippen LogP contribution in [-0.4, -0.2) is 9.97 Å². The third-order valence-corrected chi connectivity index (χ3v) is 2.87. The van der Waals surface area contributed by atoms with Crippen LogP contribution in [0, 0.1) is 3.57 Å². The van der Waals surface area contributed by atoms with Crippen molar-refractivity contribution in [1.82, 2.24) is 9.97 Å². The Morgan fingerprint density at radius 2 is 1.88 bits per heavy atom. The van der Waals surface area contributed by atoms with E-state index in [4.69, 9.17) is 11.6 Å². The summed E-state index contributed by atoms with van der Waals surface area (Å²) in [5, 5.41) is 3.14. The van der Waals surface area contributed by atoms with Gasteiger partial charge in [0, 0.05) is 27.5 Å². The summed E-state index contributed by atoms with van der Waals surface area (Å²) in [6, 6.07) is 7.84. The molecular formula is C11H9ClIN3. The second-order valence-electron chi connectivity index (χ2n) is 3.14. The quantitative estimate of drug-likeness (QED) is 0.683. The summed E-state index contributed by atoms with van der Waals surface area (Å²) < 4.78 is 1.01. The predicted octanol–water partition coefficient (Wildman–Crippen LogP) is 3.56. The molecule has 0 aliphatic rings. The van der Waals surface area contributed by atoms with Crippen LogP contribution < -0.4 is 5.32 Å². The van der Waals surface area contributed by atoms with Crippen LogP contribution >= 0.6 is 34.2 Å². The van der Waals surface area contributed by atoms with Crippen molar-refractivity contribution in [2.24, 2.45) is 0 Å². The standard InChI is InChI=1S/C11H9ClIN3/c12-5-8-3-1-2-4-10(8)16-11-14-6-9(13)7-15-11/h1-4,6-7H,5H2,(H,14,15,16). The van der Waals surface area contributed by atoms with Gasteiger partial charge in [-0.1, -0.05) is 18.2 Å². The Balaban J connectivity index is 2.23. The number of nitrogens with one attached hydrogen (secondary N) is 1. The first-order valence-corrected chi connectivity index (χ1v) is 6.29. The number of hydrogen-bond donors (Lipinski definition) is 1. The molecule has 0 aliphatic carbocycles. The van der Waals surface area contributed by atoms with E-state index in [0.717, 1.165) is 14.8 Å². The number of anilines is 2. The first kappa shape index (κ1) is 11.6. The molecule has 0 aliphatic heterocycles. The summed E-state index contributed by atoms with van der Waals surface area (Å²) in [5.74, 6) is 1.05. The van der Waals surface area contributed by atoms with Gasteiger partial charge in [0.1, 0.15) is 0 Å². The number of alkyl halides is 1. The Morgan fingerprint density at radius 3 is 2.56 bits per heavy atom. The lowest BCUT2D eigenvalue weighted by molar-refractivity contribution is 1.15. The van der Waals surface area contributed by atoms with Crippen LogP contribution in [0.25, 0.3) is 0 Å². The minimum absolute atomic E-state index is 0.466. The Kier molecular flexibility index (Phi) is 3.95. The molecule has 16 heavy (non-hydrogen) atoms. The molecule has 0 fully saturated rings. The highest BCUT2D eigenvalue weighted by molar-refractivity contribution is 14.1. The lowest BCUT2D eigenvalue weighted by Crippen LogP contribution is -1.99. The van der Waals surface area contributed by atoms with E-state index in [2.05, 4.69) is 37.9 Å². The van der Waals surface area contributed by atoms with Gasteiger partial charge >= 0.3 is 0 Å². The summed E-state index contributed by atoms with van der Waals surface area (Å²) in [6.07, 6.45) is 3.53. The Morgan fingerprint density at radius 1 is 1.19 bits per heavy atom. The molecule has 0 spiro atoms. The van der Waals surface area contributed by atoms with Crippen LogP contribution in [0.2, 0.25) is 0 Å². The fraction of sp³-hybridized carbons (Fsp3) is 0.0909. The molecule has 1 aromatic heterocycles. The minimum atomic E-state index is 0.466. The van der Waals surface area contributed by atoms with E-state index < -0.39 is 0 Å². The number of rotatable bonds is 3. The van der Waals surface area contributed by atoms with Gasteiger partial charge in [0.25, 0.3) is 0 Å². The minimum Gasteiger partial charge on any atom is -0.324 e. The van der Waals surface area contributed by atoms with Crippen molar-refractivity contribution in [3.05, 3.63) is 45.8 Å². The summed E-state index contributed by atoms with van der Waals surface area (Å²) in [4.78, 5) is 8.35. The molecule has 3 nitrogen and oxygen atoms in total. The smallest absolute Gasteiger partial charge is 0.227 e. The molecule has 5 heteroatoms. The Bertz CT molecular complexity index is 473. The highest BCUT2D eigenvalue weighted by atomic mass is 127. The van der Waals surface area contributed by atoms with Gasteiger partial charge in [0.05, 0.1) is 0 Å². The first-order valence-electron chi connectivity index (χ1n) is 4.68. The molecule has 0 saturated carbocycles. The monoisotopic (exact) mass is 345 g/mol. The largest absolute Gasteiger partial charge is 0.324 e. The highest BCUT2D eigenvalue weighted by Gasteiger charge is 2.02. The molecule has 0 radical (unpaired) electrons. The van der Waals surface area contributed by atoms with Crippen molar-refractivity contribution in [2.45, 2.75) is 5.88 Å². The van der Waals surface area contributed by atoms with Crippen LogP contribution in [0.3, 0.4) is 0 Å². The zero-order valence-corrected chi connectivity index (χ0v) is 11.2. The number of nitrogens with zero attached hydrogens (tertiary/aromatic N) is 2. The van der Waals surface area contributed by atoms with Gasteiger partial charge < -0.3 is 5.32 Å². The van der Waals surface area contributed by atoms with Crippen LogP contribution in [0.5, 0.6) is 0 Å². The average molecular weight is 346 g/mol. The van der Waals surface area contributed by atoms with E-state index in [9.17, 15) is 0 Å². The van der Waals surface area contributed by atoms with Gasteiger partial charge in [0.15, 0.2) is 0 Å². The second-order valence-corrected chi connectivity index (χ2v) is 4.65.